The lowest BCUT2D eigenvalue weighted by Gasteiger charge is -2.29. The van der Waals surface area contributed by atoms with E-state index in [0.29, 0.717) is 0 Å². The van der Waals surface area contributed by atoms with Gasteiger partial charge in [0.25, 0.3) is 5.91 Å². The van der Waals surface area contributed by atoms with Gasteiger partial charge in [0.15, 0.2) is 0 Å². The molecule has 7 nitrogen and oxygen atoms in total. The minimum Gasteiger partial charge on any atom is -0.390 e. The van der Waals surface area contributed by atoms with Crippen molar-refractivity contribution in [3.63, 3.8) is 0 Å². The van der Waals surface area contributed by atoms with Gasteiger partial charge < -0.3 is 10.8 Å². The lowest BCUT2D eigenvalue weighted by atomic mass is 10.1. The number of rotatable bonds is 5. The van der Waals surface area contributed by atoms with Gasteiger partial charge in [-0.05, 0) is 30.2 Å². The van der Waals surface area contributed by atoms with Crippen LogP contribution in [0, 0.1) is 0 Å². The number of aliphatic hydroxyl groups is 1. The normalized spacial score (nSPS) is 15.3. The fourth-order valence-corrected chi connectivity index (χ4v) is 3.90. The van der Waals surface area contributed by atoms with E-state index in [1.807, 2.05) is 30.3 Å². The van der Waals surface area contributed by atoms with Crippen LogP contribution < -0.4 is 11.2 Å². The zero-order chi connectivity index (χ0) is 18.0. The lowest BCUT2D eigenvalue weighted by molar-refractivity contribution is -0.134. The zero-order valence-corrected chi connectivity index (χ0v) is 13.7. The first-order valence-corrected chi connectivity index (χ1v) is 8.55. The number of aliphatic hydroxyl groups excluding tert-OH is 1. The van der Waals surface area contributed by atoms with Gasteiger partial charge in [-0.15, -0.1) is 0 Å². The number of hydrogen-bond acceptors (Lipinski definition) is 6. The molecule has 2 aromatic carbocycles. The first-order chi connectivity index (χ1) is 11.2. The molecule has 2 atom stereocenters. The number of hydroxylamine groups is 1. The number of nitrogens with one attached hydrogen (secondary N) is 1. The highest BCUT2D eigenvalue weighted by molar-refractivity contribution is 7.93. The van der Waals surface area contributed by atoms with Gasteiger partial charge in [0.2, 0.25) is 14.7 Å². The van der Waals surface area contributed by atoms with E-state index in [0.717, 1.165) is 18.1 Å². The molecule has 0 saturated heterocycles. The van der Waals surface area contributed by atoms with Crippen molar-refractivity contribution in [3.05, 3.63) is 54.6 Å². The van der Waals surface area contributed by atoms with E-state index in [9.17, 15) is 18.3 Å². The summed E-state index contributed by atoms with van der Waals surface area (Å²) in [6.45, 7) is 1.06. The average Bonchev–Trinajstić information content (AvgIpc) is 2.60. The monoisotopic (exact) mass is 350 g/mol. The fourth-order valence-electron chi connectivity index (χ4n) is 2.28. The van der Waals surface area contributed by atoms with Gasteiger partial charge >= 0.3 is 0 Å². The van der Waals surface area contributed by atoms with E-state index in [1.54, 1.807) is 12.1 Å². The number of hydrogen-bond donors (Lipinski definition) is 4. The molecule has 0 spiro atoms. The standard InChI is InChI=1S/C16H18N2O5S/c1-11(19)16(17,15(20)18-21)24(22,23)14-9-7-13(8-10-14)12-5-3-2-4-6-12/h2-11,19,21H,17H2,1H3,(H,18,20)/t11-,16-/m1/s1. The molecule has 0 aromatic heterocycles. The number of amides is 1. The van der Waals surface area contributed by atoms with Crippen LogP contribution in [0.2, 0.25) is 0 Å². The molecule has 0 saturated carbocycles. The van der Waals surface area contributed by atoms with Crippen molar-refractivity contribution in [2.24, 2.45) is 5.73 Å². The quantitative estimate of drug-likeness (QED) is 0.463. The van der Waals surface area contributed by atoms with E-state index in [1.165, 1.54) is 17.6 Å². The number of sulfone groups is 1. The Kier molecular flexibility index (Phi) is 5.05. The summed E-state index contributed by atoms with van der Waals surface area (Å²) in [5, 5.41) is 18.5. The predicted octanol–water partition coefficient (Wildman–Crippen LogP) is 0.669. The zero-order valence-electron chi connectivity index (χ0n) is 12.9. The van der Waals surface area contributed by atoms with Crippen molar-refractivity contribution in [1.82, 2.24) is 5.48 Å². The Balaban J connectivity index is 2.48. The molecule has 8 heteroatoms. The molecular formula is C16H18N2O5S. The van der Waals surface area contributed by atoms with Crippen molar-refractivity contribution in [2.75, 3.05) is 0 Å². The summed E-state index contributed by atoms with van der Waals surface area (Å²) >= 11 is 0. The molecule has 0 radical (unpaired) electrons. The van der Waals surface area contributed by atoms with E-state index in [2.05, 4.69) is 0 Å². The average molecular weight is 350 g/mol. The van der Waals surface area contributed by atoms with Crippen molar-refractivity contribution >= 4 is 15.7 Å². The number of nitrogens with two attached hydrogens (primary N) is 1. The first kappa shape index (κ1) is 18.1. The van der Waals surface area contributed by atoms with Crippen molar-refractivity contribution in [2.45, 2.75) is 22.8 Å². The molecular weight excluding hydrogens is 332 g/mol. The predicted molar refractivity (Wildman–Crippen MR) is 87.6 cm³/mol. The summed E-state index contributed by atoms with van der Waals surface area (Å²) in [6, 6.07) is 15.0. The van der Waals surface area contributed by atoms with Crippen LogP contribution in [0.3, 0.4) is 0 Å². The van der Waals surface area contributed by atoms with Gasteiger partial charge in [0, 0.05) is 0 Å². The Morgan fingerprint density at radius 2 is 1.58 bits per heavy atom. The highest BCUT2D eigenvalue weighted by Crippen LogP contribution is 2.27. The lowest BCUT2D eigenvalue weighted by Crippen LogP contribution is -2.65. The number of benzene rings is 2. The summed E-state index contributed by atoms with van der Waals surface area (Å²) < 4.78 is 25.4. The maximum Gasteiger partial charge on any atom is 0.282 e. The van der Waals surface area contributed by atoms with Crippen molar-refractivity contribution < 1.29 is 23.5 Å². The highest BCUT2D eigenvalue weighted by atomic mass is 32.2. The molecule has 0 aliphatic carbocycles. The summed E-state index contributed by atoms with van der Waals surface area (Å²) in [5.41, 5.74) is 8.51. The van der Waals surface area contributed by atoms with E-state index in [4.69, 9.17) is 10.9 Å². The molecule has 2 aromatic rings. The SMILES string of the molecule is C[C@@H](O)[C@](N)(C(=O)NO)S(=O)(=O)c1ccc(-c2ccccc2)cc1. The highest BCUT2D eigenvalue weighted by Gasteiger charge is 2.52. The topological polar surface area (TPSA) is 130 Å². The minimum atomic E-state index is -4.45. The molecule has 0 aliphatic rings. The minimum absolute atomic E-state index is 0.241. The third kappa shape index (κ3) is 2.92. The molecule has 5 N–H and O–H groups in total. The maximum atomic E-state index is 12.7. The molecule has 1 amide bonds. The molecule has 24 heavy (non-hydrogen) atoms. The van der Waals surface area contributed by atoms with E-state index in [-0.39, 0.29) is 4.90 Å². The second kappa shape index (κ2) is 6.70. The molecule has 0 unspecified atom stereocenters. The third-order valence-corrected chi connectivity index (χ3v) is 6.10. The van der Waals surface area contributed by atoms with Crippen LogP contribution in [-0.2, 0) is 14.6 Å². The van der Waals surface area contributed by atoms with Crippen LogP contribution in [0.5, 0.6) is 0 Å². The van der Waals surface area contributed by atoms with Gasteiger partial charge in [0.1, 0.15) is 0 Å². The second-order valence-electron chi connectivity index (χ2n) is 5.30. The molecule has 0 bridgehead atoms. The van der Waals surface area contributed by atoms with Crippen LogP contribution in [0.4, 0.5) is 0 Å². The Labute approximate surface area is 139 Å². The van der Waals surface area contributed by atoms with Gasteiger partial charge in [-0.25, -0.2) is 13.9 Å². The Morgan fingerprint density at radius 1 is 1.08 bits per heavy atom. The van der Waals surface area contributed by atoms with Gasteiger partial charge in [-0.2, -0.15) is 0 Å². The summed E-state index contributed by atoms with van der Waals surface area (Å²) in [4.78, 5) is 8.80. The Morgan fingerprint density at radius 3 is 2.04 bits per heavy atom. The molecule has 0 aliphatic heterocycles. The fraction of sp³-hybridized carbons (Fsp3) is 0.188. The Bertz CT molecular complexity index is 819. The molecule has 0 heterocycles. The smallest absolute Gasteiger partial charge is 0.282 e. The van der Waals surface area contributed by atoms with Gasteiger partial charge in [-0.1, -0.05) is 42.5 Å². The molecule has 128 valence electrons. The van der Waals surface area contributed by atoms with Crippen LogP contribution >= 0.6 is 0 Å². The van der Waals surface area contributed by atoms with Gasteiger partial charge in [0.05, 0.1) is 11.0 Å². The van der Waals surface area contributed by atoms with Crippen LogP contribution in [0.1, 0.15) is 6.92 Å². The third-order valence-electron chi connectivity index (χ3n) is 3.79. The van der Waals surface area contributed by atoms with Crippen LogP contribution in [-0.4, -0.2) is 35.6 Å². The van der Waals surface area contributed by atoms with Crippen LogP contribution in [0.15, 0.2) is 59.5 Å². The maximum absolute atomic E-state index is 12.7. The van der Waals surface area contributed by atoms with Gasteiger partial charge in [-0.3, -0.25) is 10.0 Å². The largest absolute Gasteiger partial charge is 0.390 e. The molecule has 0 fully saturated rings. The Hall–Kier alpha value is -2.26. The number of carbonyl (C=O) groups is 1. The number of carbonyl (C=O) groups excluding carboxylic acids is 1. The summed E-state index contributed by atoms with van der Waals surface area (Å²) in [7, 11) is -4.45. The van der Waals surface area contributed by atoms with E-state index < -0.39 is 26.7 Å². The van der Waals surface area contributed by atoms with Crippen molar-refractivity contribution in [1.29, 1.82) is 0 Å². The molecule has 2 rings (SSSR count). The van der Waals surface area contributed by atoms with Crippen LogP contribution in [0.25, 0.3) is 11.1 Å². The van der Waals surface area contributed by atoms with Crippen molar-refractivity contribution in [3.8, 4) is 11.1 Å². The van der Waals surface area contributed by atoms with E-state index >= 15 is 0 Å². The summed E-state index contributed by atoms with van der Waals surface area (Å²) in [5.74, 6) is -1.41. The second-order valence-corrected chi connectivity index (χ2v) is 7.46. The summed E-state index contributed by atoms with van der Waals surface area (Å²) in [6.07, 6.45) is -1.75. The first-order valence-electron chi connectivity index (χ1n) is 7.06.